The first kappa shape index (κ1) is 19.2. The number of nitrogens with zero attached hydrogens (tertiary/aromatic N) is 3. The molecule has 3 heterocycles. The maximum atomic E-state index is 13.2. The third-order valence-corrected chi connectivity index (χ3v) is 5.92. The van der Waals surface area contributed by atoms with Crippen LogP contribution in [0.5, 0.6) is 11.5 Å². The van der Waals surface area contributed by atoms with E-state index in [0.29, 0.717) is 30.0 Å². The first-order chi connectivity index (χ1) is 15.1. The number of hydrazone groups is 1. The minimum atomic E-state index is -0.558. The van der Waals surface area contributed by atoms with Crippen molar-refractivity contribution in [2.24, 2.45) is 5.10 Å². The zero-order valence-electron chi connectivity index (χ0n) is 17.3. The van der Waals surface area contributed by atoms with Crippen LogP contribution in [0.15, 0.2) is 47.6 Å². The summed E-state index contributed by atoms with van der Waals surface area (Å²) < 4.78 is 10.6. The average molecular weight is 418 g/mol. The van der Waals surface area contributed by atoms with Gasteiger partial charge in [-0.15, -0.1) is 0 Å². The van der Waals surface area contributed by atoms with Gasteiger partial charge in [-0.3, -0.25) is 9.59 Å². The summed E-state index contributed by atoms with van der Waals surface area (Å²) in [5.41, 5.74) is 3.77. The van der Waals surface area contributed by atoms with Gasteiger partial charge in [-0.25, -0.2) is 5.01 Å². The molecule has 0 bridgehead atoms. The fourth-order valence-electron chi connectivity index (χ4n) is 4.33. The number of fused-ring (bicyclic) bond motifs is 4. The van der Waals surface area contributed by atoms with Crippen molar-refractivity contribution in [3.8, 4) is 11.5 Å². The molecule has 2 aliphatic rings. The van der Waals surface area contributed by atoms with E-state index in [2.05, 4.69) is 10.1 Å². The van der Waals surface area contributed by atoms with Gasteiger partial charge in [0.25, 0.3) is 5.91 Å². The third-order valence-electron chi connectivity index (χ3n) is 5.92. The van der Waals surface area contributed by atoms with Crippen molar-refractivity contribution in [1.29, 1.82) is 0 Å². The van der Waals surface area contributed by atoms with E-state index >= 15 is 0 Å². The Hall–Kier alpha value is -3.81. The van der Waals surface area contributed by atoms with Crippen LogP contribution in [0.2, 0.25) is 0 Å². The molecule has 2 amide bonds. The Labute approximate surface area is 179 Å². The number of hydrogen-bond donors (Lipinski definition) is 1. The lowest BCUT2D eigenvalue weighted by Gasteiger charge is -2.40. The standard InChI is InChI=1S/C23H22N4O4/c1-30-15-7-8-21(31-2)14(9-15)11-24-27-13-22(28)26-12-19-17(10-20(26)23(27)29)16-5-3-4-6-18(16)25-19/h3-9,11,20,25H,10,12-13H2,1-2H3/b24-11-/t20-/m0/s1. The first-order valence-corrected chi connectivity index (χ1v) is 10.0. The van der Waals surface area contributed by atoms with E-state index < -0.39 is 6.04 Å². The number of carbonyl (C=O) groups excluding carboxylic acids is 2. The lowest BCUT2D eigenvalue weighted by Crippen LogP contribution is -2.60. The number of rotatable bonds is 4. The number of benzene rings is 2. The molecule has 1 fully saturated rings. The van der Waals surface area contributed by atoms with Crippen LogP contribution in [0.1, 0.15) is 16.8 Å². The molecule has 1 aromatic heterocycles. The van der Waals surface area contributed by atoms with Crippen molar-refractivity contribution in [1.82, 2.24) is 14.9 Å². The lowest BCUT2D eigenvalue weighted by atomic mass is 9.94. The van der Waals surface area contributed by atoms with E-state index in [-0.39, 0.29) is 18.4 Å². The SMILES string of the molecule is COc1ccc(OC)c(/C=N\N2CC(=O)N3Cc4[nH]c5ccccc5c4C[C@H]3C2=O)c1. The van der Waals surface area contributed by atoms with Gasteiger partial charge in [0.1, 0.15) is 24.1 Å². The number of H-pyrrole nitrogens is 1. The molecule has 3 aromatic rings. The highest BCUT2D eigenvalue weighted by molar-refractivity contribution is 5.97. The minimum absolute atomic E-state index is 0.0896. The Kier molecular flexibility index (Phi) is 4.62. The van der Waals surface area contributed by atoms with E-state index in [9.17, 15) is 9.59 Å². The van der Waals surface area contributed by atoms with Crippen LogP contribution < -0.4 is 9.47 Å². The predicted octanol–water partition coefficient (Wildman–Crippen LogP) is 2.31. The van der Waals surface area contributed by atoms with Gasteiger partial charge in [0, 0.05) is 28.6 Å². The Balaban J connectivity index is 1.44. The summed E-state index contributed by atoms with van der Waals surface area (Å²) in [5, 5.41) is 6.68. The quantitative estimate of drug-likeness (QED) is 0.659. The van der Waals surface area contributed by atoms with Gasteiger partial charge in [0.05, 0.1) is 27.0 Å². The normalized spacial score (nSPS) is 18.5. The molecular weight excluding hydrogens is 396 g/mol. The molecule has 1 N–H and O–H groups in total. The number of carbonyl (C=O) groups is 2. The molecule has 158 valence electrons. The zero-order chi connectivity index (χ0) is 21.5. The van der Waals surface area contributed by atoms with Crippen molar-refractivity contribution in [3.63, 3.8) is 0 Å². The summed E-state index contributed by atoms with van der Waals surface area (Å²) in [6, 6.07) is 12.8. The summed E-state index contributed by atoms with van der Waals surface area (Å²) in [4.78, 5) is 31.1. The molecule has 8 nitrogen and oxygen atoms in total. The monoisotopic (exact) mass is 418 g/mol. The Morgan fingerprint density at radius 3 is 2.74 bits per heavy atom. The molecular formula is C23H22N4O4. The van der Waals surface area contributed by atoms with Crippen molar-refractivity contribution >= 4 is 28.9 Å². The first-order valence-electron chi connectivity index (χ1n) is 10.0. The predicted molar refractivity (Wildman–Crippen MR) is 115 cm³/mol. The van der Waals surface area contributed by atoms with E-state index in [1.807, 2.05) is 24.3 Å². The number of amides is 2. The van der Waals surface area contributed by atoms with Crippen LogP contribution in [0.25, 0.3) is 10.9 Å². The largest absolute Gasteiger partial charge is 0.497 e. The molecule has 0 unspecified atom stereocenters. The molecule has 0 saturated carbocycles. The second kappa shape index (κ2) is 7.46. The number of aromatic amines is 1. The highest BCUT2D eigenvalue weighted by Crippen LogP contribution is 2.32. The summed E-state index contributed by atoms with van der Waals surface area (Å²) in [6.07, 6.45) is 2.00. The van der Waals surface area contributed by atoms with E-state index in [1.54, 1.807) is 37.3 Å². The Morgan fingerprint density at radius 1 is 1.10 bits per heavy atom. The highest BCUT2D eigenvalue weighted by Gasteiger charge is 2.43. The fourth-order valence-corrected chi connectivity index (χ4v) is 4.33. The maximum Gasteiger partial charge on any atom is 0.266 e. The van der Waals surface area contributed by atoms with E-state index in [0.717, 1.165) is 22.2 Å². The molecule has 2 aromatic carbocycles. The van der Waals surface area contributed by atoms with Gasteiger partial charge in [-0.2, -0.15) is 5.10 Å². The Bertz CT molecular complexity index is 1220. The summed E-state index contributed by atoms with van der Waals surface area (Å²) in [7, 11) is 3.14. The van der Waals surface area contributed by atoms with Crippen LogP contribution in [-0.2, 0) is 22.6 Å². The molecule has 2 aliphatic heterocycles. The topological polar surface area (TPSA) is 87.2 Å². The van der Waals surface area contributed by atoms with Crippen molar-refractivity contribution in [3.05, 3.63) is 59.3 Å². The van der Waals surface area contributed by atoms with Gasteiger partial charge in [0.15, 0.2) is 0 Å². The van der Waals surface area contributed by atoms with Crippen LogP contribution >= 0.6 is 0 Å². The van der Waals surface area contributed by atoms with Crippen molar-refractivity contribution in [2.45, 2.75) is 19.0 Å². The minimum Gasteiger partial charge on any atom is -0.497 e. The van der Waals surface area contributed by atoms with Crippen LogP contribution in [0.4, 0.5) is 0 Å². The molecule has 0 radical (unpaired) electrons. The fraction of sp³-hybridized carbons (Fsp3) is 0.261. The van der Waals surface area contributed by atoms with Crippen LogP contribution in [0.3, 0.4) is 0 Å². The molecule has 1 atom stereocenters. The van der Waals surface area contributed by atoms with Gasteiger partial charge < -0.3 is 19.4 Å². The molecule has 0 aliphatic carbocycles. The second-order valence-corrected chi connectivity index (χ2v) is 7.62. The molecule has 8 heteroatoms. The zero-order valence-corrected chi connectivity index (χ0v) is 17.3. The summed E-state index contributed by atoms with van der Waals surface area (Å²) in [5.74, 6) is 0.939. The van der Waals surface area contributed by atoms with Crippen molar-refractivity contribution in [2.75, 3.05) is 20.8 Å². The van der Waals surface area contributed by atoms with Crippen molar-refractivity contribution < 1.29 is 19.1 Å². The molecule has 31 heavy (non-hydrogen) atoms. The molecule has 5 rings (SSSR count). The second-order valence-electron chi connectivity index (χ2n) is 7.62. The number of ether oxygens (including phenoxy) is 2. The number of para-hydroxylation sites is 1. The summed E-state index contributed by atoms with van der Waals surface area (Å²) >= 11 is 0. The lowest BCUT2D eigenvalue weighted by molar-refractivity contribution is -0.157. The number of hydrogen-bond acceptors (Lipinski definition) is 5. The van der Waals surface area contributed by atoms with Crippen LogP contribution in [-0.4, -0.2) is 59.7 Å². The average Bonchev–Trinajstić information content (AvgIpc) is 3.17. The van der Waals surface area contributed by atoms with Gasteiger partial charge in [-0.05, 0) is 29.8 Å². The molecule has 1 saturated heterocycles. The maximum absolute atomic E-state index is 13.2. The van der Waals surface area contributed by atoms with Crippen LogP contribution in [0, 0.1) is 0 Å². The number of aromatic nitrogens is 1. The van der Waals surface area contributed by atoms with Gasteiger partial charge >= 0.3 is 0 Å². The highest BCUT2D eigenvalue weighted by atomic mass is 16.5. The number of nitrogens with one attached hydrogen (secondary N) is 1. The smallest absolute Gasteiger partial charge is 0.266 e. The number of methoxy groups -OCH3 is 2. The van der Waals surface area contributed by atoms with Gasteiger partial charge in [0.2, 0.25) is 5.91 Å². The third kappa shape index (κ3) is 3.20. The molecule has 0 spiro atoms. The van der Waals surface area contributed by atoms with Gasteiger partial charge in [-0.1, -0.05) is 18.2 Å². The van der Waals surface area contributed by atoms with E-state index in [1.165, 1.54) is 11.2 Å². The van der Waals surface area contributed by atoms with E-state index in [4.69, 9.17) is 9.47 Å². The Morgan fingerprint density at radius 2 is 1.94 bits per heavy atom. The number of piperazine rings is 1. The summed E-state index contributed by atoms with van der Waals surface area (Å²) in [6.45, 7) is 0.314.